The van der Waals surface area contributed by atoms with Crippen LogP contribution in [0.25, 0.3) is 17.2 Å². The first kappa shape index (κ1) is 22.2. The van der Waals surface area contributed by atoms with E-state index in [0.717, 1.165) is 16.7 Å². The van der Waals surface area contributed by atoms with Crippen molar-refractivity contribution in [3.8, 4) is 22.8 Å². The molecule has 0 spiro atoms. The standard InChI is InChI=1S/C22H19ClN2O2.C2H6/c1-16(26)24-13-5-6-17-9-12-22(25-15-17)27-21-11-10-19(14-20(21)23)18-7-3-2-4-8-18;1-2/h2-12,14-15H,13H2,1H3,(H,24,26);1-2H3/b6-5+;. The van der Waals surface area contributed by atoms with Crippen LogP contribution in [0.4, 0.5) is 0 Å². The molecule has 4 nitrogen and oxygen atoms in total. The van der Waals surface area contributed by atoms with Crippen molar-refractivity contribution in [2.75, 3.05) is 6.54 Å². The van der Waals surface area contributed by atoms with Crippen LogP contribution < -0.4 is 10.1 Å². The van der Waals surface area contributed by atoms with E-state index in [2.05, 4.69) is 10.3 Å². The van der Waals surface area contributed by atoms with E-state index in [-0.39, 0.29) is 5.91 Å². The van der Waals surface area contributed by atoms with Crippen molar-refractivity contribution in [3.05, 3.63) is 83.5 Å². The Morgan fingerprint density at radius 3 is 2.45 bits per heavy atom. The number of nitrogens with one attached hydrogen (secondary N) is 1. The number of aromatic nitrogens is 1. The summed E-state index contributed by atoms with van der Waals surface area (Å²) in [6, 6.07) is 19.4. The van der Waals surface area contributed by atoms with Gasteiger partial charge in [-0.3, -0.25) is 4.79 Å². The second-order valence-corrected chi connectivity index (χ2v) is 6.29. The lowest BCUT2D eigenvalue weighted by Gasteiger charge is -2.09. The minimum absolute atomic E-state index is 0.0586. The molecular weight excluding hydrogens is 384 g/mol. The number of ether oxygens (including phenoxy) is 1. The molecule has 3 rings (SSSR count). The van der Waals surface area contributed by atoms with Gasteiger partial charge in [0.15, 0.2) is 0 Å². The molecule has 0 saturated carbocycles. The van der Waals surface area contributed by atoms with E-state index in [4.69, 9.17) is 16.3 Å². The summed E-state index contributed by atoms with van der Waals surface area (Å²) in [4.78, 5) is 15.1. The van der Waals surface area contributed by atoms with Gasteiger partial charge >= 0.3 is 0 Å². The van der Waals surface area contributed by atoms with Crippen LogP contribution in [0.3, 0.4) is 0 Å². The van der Waals surface area contributed by atoms with Gasteiger partial charge in [0.1, 0.15) is 5.75 Å². The normalized spacial score (nSPS) is 10.2. The Kier molecular flexibility index (Phi) is 8.93. The van der Waals surface area contributed by atoms with Crippen molar-refractivity contribution >= 4 is 23.6 Å². The number of pyridine rings is 1. The van der Waals surface area contributed by atoms with Gasteiger partial charge in [-0.15, -0.1) is 0 Å². The number of amides is 1. The van der Waals surface area contributed by atoms with Gasteiger partial charge in [-0.1, -0.05) is 74.0 Å². The molecule has 150 valence electrons. The molecule has 2 aromatic carbocycles. The molecule has 0 saturated heterocycles. The van der Waals surface area contributed by atoms with Crippen molar-refractivity contribution in [2.45, 2.75) is 20.8 Å². The molecule has 0 atom stereocenters. The first-order chi connectivity index (χ1) is 14.1. The lowest BCUT2D eigenvalue weighted by Crippen LogP contribution is -2.19. The average Bonchev–Trinajstić information content (AvgIpc) is 2.76. The number of carbonyl (C=O) groups excluding carboxylic acids is 1. The molecule has 0 fully saturated rings. The predicted octanol–water partition coefficient (Wildman–Crippen LogP) is 6.37. The van der Waals surface area contributed by atoms with Gasteiger partial charge in [-0.25, -0.2) is 4.98 Å². The van der Waals surface area contributed by atoms with Crippen LogP contribution in [-0.4, -0.2) is 17.4 Å². The fourth-order valence-electron chi connectivity index (χ4n) is 2.45. The molecule has 1 heterocycles. The molecule has 29 heavy (non-hydrogen) atoms. The Labute approximate surface area is 177 Å². The van der Waals surface area contributed by atoms with Gasteiger partial charge < -0.3 is 10.1 Å². The van der Waals surface area contributed by atoms with Crippen LogP contribution >= 0.6 is 11.6 Å². The van der Waals surface area contributed by atoms with Crippen LogP contribution in [0.15, 0.2) is 72.9 Å². The molecule has 0 aliphatic heterocycles. The summed E-state index contributed by atoms with van der Waals surface area (Å²) >= 11 is 6.37. The first-order valence-corrected chi connectivity index (χ1v) is 9.89. The van der Waals surface area contributed by atoms with Crippen molar-refractivity contribution in [3.63, 3.8) is 0 Å². The Morgan fingerprint density at radius 2 is 1.83 bits per heavy atom. The maximum absolute atomic E-state index is 10.8. The van der Waals surface area contributed by atoms with E-state index in [0.29, 0.717) is 23.2 Å². The lowest BCUT2D eigenvalue weighted by atomic mass is 10.1. The van der Waals surface area contributed by atoms with Gasteiger partial charge in [0.25, 0.3) is 0 Å². The van der Waals surface area contributed by atoms with Crippen LogP contribution in [0, 0.1) is 0 Å². The molecule has 0 aliphatic carbocycles. The van der Waals surface area contributed by atoms with E-state index in [9.17, 15) is 4.79 Å². The van der Waals surface area contributed by atoms with Gasteiger partial charge in [0.2, 0.25) is 11.8 Å². The molecule has 1 aromatic heterocycles. The van der Waals surface area contributed by atoms with E-state index in [1.165, 1.54) is 6.92 Å². The Balaban J connectivity index is 0.00000145. The van der Waals surface area contributed by atoms with Crippen molar-refractivity contribution in [1.82, 2.24) is 10.3 Å². The summed E-state index contributed by atoms with van der Waals surface area (Å²) in [6.45, 7) is 5.97. The fraction of sp³-hybridized carbons (Fsp3) is 0.167. The van der Waals surface area contributed by atoms with E-state index in [1.807, 2.05) is 80.6 Å². The summed E-state index contributed by atoms with van der Waals surface area (Å²) < 4.78 is 5.79. The summed E-state index contributed by atoms with van der Waals surface area (Å²) in [5, 5.41) is 3.22. The first-order valence-electron chi connectivity index (χ1n) is 9.52. The molecule has 3 aromatic rings. The SMILES string of the molecule is CC.CC(=O)NC/C=C/c1ccc(Oc2ccc(-c3ccccc3)cc2Cl)nc1. The highest BCUT2D eigenvalue weighted by Gasteiger charge is 2.06. The number of carbonyl (C=O) groups is 1. The molecule has 0 unspecified atom stereocenters. The van der Waals surface area contributed by atoms with E-state index >= 15 is 0 Å². The van der Waals surface area contributed by atoms with Crippen LogP contribution in [0.2, 0.25) is 5.02 Å². The molecule has 5 heteroatoms. The molecular formula is C24H25ClN2O2. The zero-order chi connectivity index (χ0) is 21.1. The minimum atomic E-state index is -0.0586. The smallest absolute Gasteiger partial charge is 0.219 e. The zero-order valence-corrected chi connectivity index (χ0v) is 17.6. The predicted molar refractivity (Wildman–Crippen MR) is 120 cm³/mol. The van der Waals surface area contributed by atoms with Gasteiger partial charge in [0.05, 0.1) is 5.02 Å². The highest BCUT2D eigenvalue weighted by Crippen LogP contribution is 2.32. The Bertz CT molecular complexity index is 939. The third-order valence-corrected chi connectivity index (χ3v) is 4.09. The second-order valence-electron chi connectivity index (χ2n) is 5.88. The third-order valence-electron chi connectivity index (χ3n) is 3.79. The average molecular weight is 409 g/mol. The number of hydrogen-bond acceptors (Lipinski definition) is 3. The van der Waals surface area contributed by atoms with Crippen LogP contribution in [-0.2, 0) is 4.79 Å². The molecule has 0 bridgehead atoms. The summed E-state index contributed by atoms with van der Waals surface area (Å²) in [5.41, 5.74) is 3.04. The number of nitrogens with zero attached hydrogens (tertiary/aromatic N) is 1. The zero-order valence-electron chi connectivity index (χ0n) is 16.9. The van der Waals surface area contributed by atoms with E-state index < -0.39 is 0 Å². The van der Waals surface area contributed by atoms with Crippen molar-refractivity contribution in [1.29, 1.82) is 0 Å². The number of benzene rings is 2. The topological polar surface area (TPSA) is 51.2 Å². The third kappa shape index (κ3) is 7.09. The maximum Gasteiger partial charge on any atom is 0.219 e. The summed E-state index contributed by atoms with van der Waals surface area (Å²) in [5.74, 6) is 0.956. The highest BCUT2D eigenvalue weighted by molar-refractivity contribution is 6.32. The molecule has 0 radical (unpaired) electrons. The van der Waals surface area contributed by atoms with Crippen molar-refractivity contribution in [2.24, 2.45) is 0 Å². The molecule has 1 N–H and O–H groups in total. The van der Waals surface area contributed by atoms with Gasteiger partial charge in [-0.05, 0) is 34.9 Å². The van der Waals surface area contributed by atoms with E-state index in [1.54, 1.807) is 12.3 Å². The highest BCUT2D eigenvalue weighted by atomic mass is 35.5. The Hall–Kier alpha value is -3.11. The molecule has 1 amide bonds. The van der Waals surface area contributed by atoms with Crippen molar-refractivity contribution < 1.29 is 9.53 Å². The van der Waals surface area contributed by atoms with Crippen LogP contribution in [0.5, 0.6) is 11.6 Å². The van der Waals surface area contributed by atoms with Gasteiger partial charge in [-0.2, -0.15) is 0 Å². The number of halogens is 1. The largest absolute Gasteiger partial charge is 0.437 e. The Morgan fingerprint density at radius 1 is 1.07 bits per heavy atom. The van der Waals surface area contributed by atoms with Gasteiger partial charge in [0, 0.05) is 25.7 Å². The van der Waals surface area contributed by atoms with Crippen LogP contribution in [0.1, 0.15) is 26.3 Å². The monoisotopic (exact) mass is 408 g/mol. The number of rotatable bonds is 6. The second kappa shape index (κ2) is 11.7. The minimum Gasteiger partial charge on any atom is -0.437 e. The fourth-order valence-corrected chi connectivity index (χ4v) is 2.67. The lowest BCUT2D eigenvalue weighted by molar-refractivity contribution is -0.118. The number of hydrogen-bond donors (Lipinski definition) is 1. The summed E-state index contributed by atoms with van der Waals surface area (Å²) in [7, 11) is 0. The molecule has 0 aliphatic rings. The maximum atomic E-state index is 10.8. The summed E-state index contributed by atoms with van der Waals surface area (Å²) in [6.07, 6.45) is 5.44. The quantitative estimate of drug-likeness (QED) is 0.515.